The first-order valence-corrected chi connectivity index (χ1v) is 16.5. The molecular formula is C42H52N2O4. The Morgan fingerprint density at radius 1 is 0.792 bits per heavy atom. The fraction of sp³-hybridized carbons (Fsp3) is 0.357. The lowest BCUT2D eigenvalue weighted by molar-refractivity contribution is -0.150. The Morgan fingerprint density at radius 3 is 1.67 bits per heavy atom. The van der Waals surface area contributed by atoms with Crippen molar-refractivity contribution in [3.05, 3.63) is 120 Å². The molecule has 1 aliphatic heterocycles. The molecule has 2 amide bonds. The SMILES string of the molecule is C.CC1C[C@@H](Cc2ccc(-c3ccccc3)cc2)N(C(=O)C(C)(C)C)C1=O.C[C@H](CC(N)Cc1ccc(-c2ccccc2)cc1)C(=O)O. The van der Waals surface area contributed by atoms with Crippen LogP contribution in [0.1, 0.15) is 66.0 Å². The first kappa shape index (κ1) is 37.9. The van der Waals surface area contributed by atoms with Crippen LogP contribution in [0.25, 0.3) is 22.3 Å². The van der Waals surface area contributed by atoms with Gasteiger partial charge in [-0.15, -0.1) is 0 Å². The highest BCUT2D eigenvalue weighted by atomic mass is 16.4. The standard InChI is InChI=1S/C23H27NO2.C18H21NO2.CH4/c1-16-14-20(24(21(16)25)22(26)23(2,3)4)15-17-10-12-19(13-11-17)18-8-6-5-7-9-18;1-13(18(20)21)11-17(19)12-14-7-9-16(10-8-14)15-5-3-2-4-6-15;/h5-13,16,20H,14-15H2,1-4H3;2-10,13,17H,11-12,19H2,1H3,(H,20,21);1H4/t16?,20-;13-,17?;/m01./s1. The summed E-state index contributed by atoms with van der Waals surface area (Å²) in [5.74, 6) is -1.38. The molecule has 0 saturated carbocycles. The van der Waals surface area contributed by atoms with E-state index in [9.17, 15) is 14.4 Å². The molecule has 4 aromatic carbocycles. The second-order valence-electron chi connectivity index (χ2n) is 13.8. The quantitative estimate of drug-likeness (QED) is 0.189. The summed E-state index contributed by atoms with van der Waals surface area (Å²) >= 11 is 0. The van der Waals surface area contributed by atoms with E-state index >= 15 is 0 Å². The molecule has 6 heteroatoms. The minimum Gasteiger partial charge on any atom is -0.481 e. The molecule has 0 bridgehead atoms. The Hall–Kier alpha value is -4.55. The van der Waals surface area contributed by atoms with Gasteiger partial charge in [-0.1, -0.05) is 151 Å². The fourth-order valence-electron chi connectivity index (χ4n) is 5.97. The van der Waals surface area contributed by atoms with Crippen LogP contribution in [0.2, 0.25) is 0 Å². The molecule has 0 radical (unpaired) electrons. The highest BCUT2D eigenvalue weighted by Crippen LogP contribution is 2.32. The van der Waals surface area contributed by atoms with Crippen LogP contribution in [0.5, 0.6) is 0 Å². The van der Waals surface area contributed by atoms with Crippen molar-refractivity contribution in [1.29, 1.82) is 0 Å². The first-order chi connectivity index (χ1) is 22.3. The molecule has 1 heterocycles. The highest BCUT2D eigenvalue weighted by molar-refractivity contribution is 6.00. The molecule has 2 unspecified atom stereocenters. The van der Waals surface area contributed by atoms with Crippen LogP contribution in [0, 0.1) is 17.3 Å². The molecule has 5 rings (SSSR count). The van der Waals surface area contributed by atoms with Crippen LogP contribution in [-0.2, 0) is 27.2 Å². The van der Waals surface area contributed by atoms with E-state index < -0.39 is 17.3 Å². The zero-order valence-electron chi connectivity index (χ0n) is 28.2. The van der Waals surface area contributed by atoms with Gasteiger partial charge in [-0.25, -0.2) is 0 Å². The van der Waals surface area contributed by atoms with E-state index in [1.165, 1.54) is 27.2 Å². The normalized spacial score (nSPS) is 17.0. The molecule has 1 saturated heterocycles. The number of benzene rings is 4. The van der Waals surface area contributed by atoms with Gasteiger partial charge in [-0.05, 0) is 59.1 Å². The van der Waals surface area contributed by atoms with E-state index in [1.54, 1.807) is 6.92 Å². The highest BCUT2D eigenvalue weighted by Gasteiger charge is 2.43. The third-order valence-electron chi connectivity index (χ3n) is 8.68. The largest absolute Gasteiger partial charge is 0.481 e. The van der Waals surface area contributed by atoms with Crippen molar-refractivity contribution in [2.45, 2.75) is 79.8 Å². The molecule has 254 valence electrons. The third-order valence-corrected chi connectivity index (χ3v) is 8.68. The number of carbonyl (C=O) groups excluding carboxylic acids is 2. The minimum atomic E-state index is -0.787. The number of hydrogen-bond acceptors (Lipinski definition) is 4. The molecule has 0 aromatic heterocycles. The van der Waals surface area contributed by atoms with Crippen molar-refractivity contribution in [1.82, 2.24) is 4.90 Å². The zero-order valence-corrected chi connectivity index (χ0v) is 28.2. The number of nitrogens with zero attached hydrogens (tertiary/aromatic N) is 1. The average molecular weight is 649 g/mol. The number of nitrogens with two attached hydrogens (primary N) is 1. The van der Waals surface area contributed by atoms with Crippen molar-refractivity contribution in [3.63, 3.8) is 0 Å². The average Bonchev–Trinajstić information content (AvgIpc) is 3.33. The van der Waals surface area contributed by atoms with E-state index in [2.05, 4.69) is 72.8 Å². The molecular weight excluding hydrogens is 596 g/mol. The van der Waals surface area contributed by atoms with E-state index in [0.29, 0.717) is 19.3 Å². The Labute approximate surface area is 287 Å². The molecule has 0 spiro atoms. The summed E-state index contributed by atoms with van der Waals surface area (Å²) in [5.41, 5.74) is 12.5. The van der Waals surface area contributed by atoms with Gasteiger partial charge in [0.05, 0.1) is 5.92 Å². The summed E-state index contributed by atoms with van der Waals surface area (Å²) in [5, 5.41) is 8.90. The van der Waals surface area contributed by atoms with Crippen molar-refractivity contribution < 1.29 is 19.5 Å². The van der Waals surface area contributed by atoms with Crippen molar-refractivity contribution in [2.24, 2.45) is 23.0 Å². The predicted octanol–water partition coefficient (Wildman–Crippen LogP) is 8.68. The Kier molecular flexibility index (Phi) is 13.4. The maximum absolute atomic E-state index is 12.8. The van der Waals surface area contributed by atoms with Crippen LogP contribution in [-0.4, -0.2) is 39.9 Å². The molecule has 48 heavy (non-hydrogen) atoms. The summed E-state index contributed by atoms with van der Waals surface area (Å²) < 4.78 is 0. The monoisotopic (exact) mass is 648 g/mol. The van der Waals surface area contributed by atoms with Gasteiger partial charge in [0, 0.05) is 23.4 Å². The lowest BCUT2D eigenvalue weighted by atomic mass is 9.93. The van der Waals surface area contributed by atoms with Gasteiger partial charge >= 0.3 is 5.97 Å². The van der Waals surface area contributed by atoms with Crippen molar-refractivity contribution >= 4 is 17.8 Å². The molecule has 1 aliphatic rings. The van der Waals surface area contributed by atoms with Crippen LogP contribution in [0.4, 0.5) is 0 Å². The van der Waals surface area contributed by atoms with Crippen molar-refractivity contribution in [2.75, 3.05) is 0 Å². The summed E-state index contributed by atoms with van der Waals surface area (Å²) in [4.78, 5) is 37.7. The number of imide groups is 1. The Morgan fingerprint density at radius 2 is 1.23 bits per heavy atom. The number of carboxylic acids is 1. The Balaban J connectivity index is 0.000000261. The van der Waals surface area contributed by atoms with E-state index in [1.807, 2.05) is 64.1 Å². The summed E-state index contributed by atoms with van der Waals surface area (Å²) in [6.07, 6.45) is 2.65. The van der Waals surface area contributed by atoms with Gasteiger partial charge < -0.3 is 10.8 Å². The third kappa shape index (κ3) is 10.2. The zero-order chi connectivity index (χ0) is 34.1. The topological polar surface area (TPSA) is 101 Å². The van der Waals surface area contributed by atoms with Crippen LogP contribution >= 0.6 is 0 Å². The number of hydrogen-bond donors (Lipinski definition) is 2. The van der Waals surface area contributed by atoms with Crippen molar-refractivity contribution in [3.8, 4) is 22.3 Å². The second-order valence-corrected chi connectivity index (χ2v) is 13.8. The number of carbonyl (C=O) groups is 3. The van der Waals surface area contributed by atoms with Crippen LogP contribution in [0.3, 0.4) is 0 Å². The van der Waals surface area contributed by atoms with Gasteiger partial charge in [-0.3, -0.25) is 19.3 Å². The van der Waals surface area contributed by atoms with E-state index in [4.69, 9.17) is 10.8 Å². The molecule has 3 N–H and O–H groups in total. The molecule has 4 aromatic rings. The molecule has 1 fully saturated rings. The van der Waals surface area contributed by atoms with Gasteiger partial charge in [0.25, 0.3) is 0 Å². The number of carboxylic acid groups (broad SMARTS) is 1. The first-order valence-electron chi connectivity index (χ1n) is 16.5. The molecule has 4 atom stereocenters. The smallest absolute Gasteiger partial charge is 0.306 e. The summed E-state index contributed by atoms with van der Waals surface area (Å²) in [6.45, 7) is 9.23. The van der Waals surface area contributed by atoms with Gasteiger partial charge in [0.15, 0.2) is 0 Å². The Bertz CT molecular complexity index is 1610. The van der Waals surface area contributed by atoms with Crippen LogP contribution in [0.15, 0.2) is 109 Å². The van der Waals surface area contributed by atoms with E-state index in [-0.39, 0.29) is 37.2 Å². The minimum absolute atomic E-state index is 0. The maximum atomic E-state index is 12.8. The van der Waals surface area contributed by atoms with Gasteiger partial charge in [-0.2, -0.15) is 0 Å². The number of rotatable bonds is 9. The van der Waals surface area contributed by atoms with Crippen LogP contribution < -0.4 is 5.73 Å². The second kappa shape index (κ2) is 17.0. The van der Waals surface area contributed by atoms with E-state index in [0.717, 1.165) is 17.5 Å². The number of likely N-dealkylation sites (tertiary alicyclic amines) is 1. The maximum Gasteiger partial charge on any atom is 0.306 e. The number of amides is 2. The summed E-state index contributed by atoms with van der Waals surface area (Å²) in [6, 6.07) is 37.0. The van der Waals surface area contributed by atoms with Gasteiger partial charge in [0.1, 0.15) is 0 Å². The van der Waals surface area contributed by atoms with Gasteiger partial charge in [0.2, 0.25) is 11.8 Å². The summed E-state index contributed by atoms with van der Waals surface area (Å²) in [7, 11) is 0. The lowest BCUT2D eigenvalue weighted by Crippen LogP contribution is -2.46. The predicted molar refractivity (Wildman–Crippen MR) is 196 cm³/mol. The molecule has 6 nitrogen and oxygen atoms in total. The fourth-order valence-corrected chi connectivity index (χ4v) is 5.97. The lowest BCUT2D eigenvalue weighted by Gasteiger charge is -2.29. The number of aliphatic carboxylic acids is 1. The molecule has 0 aliphatic carbocycles.